The van der Waals surface area contributed by atoms with Crippen molar-refractivity contribution >= 4 is 34.1 Å². The van der Waals surface area contributed by atoms with E-state index in [0.29, 0.717) is 38.9 Å². The van der Waals surface area contributed by atoms with Gasteiger partial charge in [-0.1, -0.05) is 30.1 Å². The minimum atomic E-state index is -0.239. The summed E-state index contributed by atoms with van der Waals surface area (Å²) in [5.74, 6) is 0.615. The zero-order valence-electron chi connectivity index (χ0n) is 11.2. The molecule has 0 aliphatic heterocycles. The molecule has 21 heavy (non-hydrogen) atoms. The van der Waals surface area contributed by atoms with Crippen LogP contribution >= 0.6 is 23.2 Å². The first-order valence-corrected chi connectivity index (χ1v) is 7.19. The van der Waals surface area contributed by atoms with Gasteiger partial charge in [0.05, 0.1) is 32.8 Å². The second-order valence-electron chi connectivity index (χ2n) is 4.49. The summed E-state index contributed by atoms with van der Waals surface area (Å²) in [5, 5.41) is 1.08. The fraction of sp³-hybridized carbons (Fsp3) is 0.133. The van der Waals surface area contributed by atoms with Gasteiger partial charge < -0.3 is 0 Å². The third-order valence-electron chi connectivity index (χ3n) is 3.21. The van der Waals surface area contributed by atoms with E-state index in [-0.39, 0.29) is 5.56 Å². The van der Waals surface area contributed by atoms with Crippen molar-refractivity contribution in [1.29, 1.82) is 0 Å². The standard InChI is InChI=1S/C15H11Cl2N3O/c1-2-12-19-14-11(17)6-5-10(16)13(14)15(21)20(12)9-4-3-7-18-8-9/h3-8H,2H2,1H3. The van der Waals surface area contributed by atoms with Gasteiger partial charge in [0.1, 0.15) is 5.82 Å². The predicted octanol–water partition coefficient (Wildman–Crippen LogP) is 3.65. The molecule has 0 saturated carbocycles. The highest BCUT2D eigenvalue weighted by molar-refractivity contribution is 6.39. The van der Waals surface area contributed by atoms with Crippen molar-refractivity contribution in [3.05, 3.63) is 62.9 Å². The molecule has 0 fully saturated rings. The molecule has 0 unspecified atom stereocenters. The lowest BCUT2D eigenvalue weighted by atomic mass is 10.2. The van der Waals surface area contributed by atoms with Crippen LogP contribution in [0, 0.1) is 0 Å². The number of pyridine rings is 1. The van der Waals surface area contributed by atoms with E-state index in [2.05, 4.69) is 9.97 Å². The first-order chi connectivity index (χ1) is 10.1. The Hall–Kier alpha value is -1.91. The summed E-state index contributed by atoms with van der Waals surface area (Å²) in [5.41, 5.74) is 0.855. The summed E-state index contributed by atoms with van der Waals surface area (Å²) >= 11 is 12.3. The molecule has 3 rings (SSSR count). The van der Waals surface area contributed by atoms with Gasteiger partial charge in [-0.05, 0) is 24.3 Å². The fourth-order valence-corrected chi connectivity index (χ4v) is 2.68. The van der Waals surface area contributed by atoms with Gasteiger partial charge in [-0.25, -0.2) is 4.98 Å². The quantitative estimate of drug-likeness (QED) is 0.724. The average molecular weight is 320 g/mol. The fourth-order valence-electron chi connectivity index (χ4n) is 2.25. The molecular weight excluding hydrogens is 309 g/mol. The summed E-state index contributed by atoms with van der Waals surface area (Å²) in [7, 11) is 0. The number of hydrogen-bond acceptors (Lipinski definition) is 3. The number of fused-ring (bicyclic) bond motifs is 1. The normalized spacial score (nSPS) is 11.0. The van der Waals surface area contributed by atoms with Crippen LogP contribution in [-0.4, -0.2) is 14.5 Å². The molecule has 0 radical (unpaired) electrons. The number of rotatable bonds is 2. The monoisotopic (exact) mass is 319 g/mol. The van der Waals surface area contributed by atoms with Crippen LogP contribution in [0.4, 0.5) is 0 Å². The second-order valence-corrected chi connectivity index (χ2v) is 5.30. The molecule has 0 atom stereocenters. The number of aryl methyl sites for hydroxylation is 1. The summed E-state index contributed by atoms with van der Waals surface area (Å²) in [6.45, 7) is 1.93. The molecule has 0 aliphatic rings. The average Bonchev–Trinajstić information content (AvgIpc) is 2.51. The maximum atomic E-state index is 12.8. The van der Waals surface area contributed by atoms with Crippen molar-refractivity contribution in [3.8, 4) is 5.69 Å². The summed E-state index contributed by atoms with van der Waals surface area (Å²) in [6.07, 6.45) is 3.86. The Bertz CT molecular complexity index is 875. The van der Waals surface area contributed by atoms with Gasteiger partial charge in [-0.15, -0.1) is 0 Å². The highest BCUT2D eigenvalue weighted by atomic mass is 35.5. The second kappa shape index (κ2) is 5.47. The van der Waals surface area contributed by atoms with Crippen LogP contribution in [0.5, 0.6) is 0 Å². The Labute approximate surface area is 131 Å². The van der Waals surface area contributed by atoms with Crippen LogP contribution < -0.4 is 5.56 Å². The van der Waals surface area contributed by atoms with Gasteiger partial charge in [0.25, 0.3) is 5.56 Å². The first kappa shape index (κ1) is 14.0. The van der Waals surface area contributed by atoms with Gasteiger partial charge in [0, 0.05) is 12.6 Å². The Morgan fingerprint density at radius 3 is 2.62 bits per heavy atom. The molecule has 0 aliphatic carbocycles. The SMILES string of the molecule is CCc1nc2c(Cl)ccc(Cl)c2c(=O)n1-c1cccnc1. The molecular formula is C15H11Cl2N3O. The van der Waals surface area contributed by atoms with Crippen molar-refractivity contribution < 1.29 is 0 Å². The van der Waals surface area contributed by atoms with Gasteiger partial charge in [-0.3, -0.25) is 14.3 Å². The van der Waals surface area contributed by atoms with Crippen molar-refractivity contribution in [2.24, 2.45) is 0 Å². The molecule has 4 nitrogen and oxygen atoms in total. The molecule has 2 heterocycles. The Morgan fingerprint density at radius 2 is 1.95 bits per heavy atom. The van der Waals surface area contributed by atoms with Crippen molar-refractivity contribution in [3.63, 3.8) is 0 Å². The minimum absolute atomic E-state index is 0.239. The molecule has 2 aromatic heterocycles. The Morgan fingerprint density at radius 1 is 1.19 bits per heavy atom. The van der Waals surface area contributed by atoms with Crippen LogP contribution in [0.2, 0.25) is 10.0 Å². The third kappa shape index (κ3) is 2.30. The summed E-state index contributed by atoms with van der Waals surface area (Å²) < 4.78 is 1.53. The number of nitrogens with zero attached hydrogens (tertiary/aromatic N) is 3. The lowest BCUT2D eigenvalue weighted by Crippen LogP contribution is -2.24. The smallest absolute Gasteiger partial charge is 0.267 e. The molecule has 0 spiro atoms. The van der Waals surface area contributed by atoms with Gasteiger partial charge >= 0.3 is 0 Å². The number of aromatic nitrogens is 3. The predicted molar refractivity (Wildman–Crippen MR) is 84.5 cm³/mol. The van der Waals surface area contributed by atoms with E-state index in [1.165, 1.54) is 4.57 Å². The van der Waals surface area contributed by atoms with E-state index >= 15 is 0 Å². The van der Waals surface area contributed by atoms with Crippen LogP contribution in [0.1, 0.15) is 12.7 Å². The third-order valence-corrected chi connectivity index (χ3v) is 3.83. The maximum absolute atomic E-state index is 12.8. The summed E-state index contributed by atoms with van der Waals surface area (Å²) in [6, 6.07) is 6.82. The van der Waals surface area contributed by atoms with Crippen molar-refractivity contribution in [2.75, 3.05) is 0 Å². The lowest BCUT2D eigenvalue weighted by Gasteiger charge is -2.13. The summed E-state index contributed by atoms with van der Waals surface area (Å²) in [4.78, 5) is 21.4. The molecule has 0 N–H and O–H groups in total. The van der Waals surface area contributed by atoms with E-state index in [4.69, 9.17) is 23.2 Å². The number of benzene rings is 1. The number of halogens is 2. The highest BCUT2D eigenvalue weighted by Crippen LogP contribution is 2.26. The minimum Gasteiger partial charge on any atom is -0.268 e. The zero-order chi connectivity index (χ0) is 15.0. The van der Waals surface area contributed by atoms with E-state index in [1.807, 2.05) is 6.92 Å². The largest absolute Gasteiger partial charge is 0.268 e. The highest BCUT2D eigenvalue weighted by Gasteiger charge is 2.16. The Kier molecular flexibility index (Phi) is 3.66. The van der Waals surface area contributed by atoms with Gasteiger partial charge in [0.2, 0.25) is 0 Å². The molecule has 1 aromatic carbocycles. The zero-order valence-corrected chi connectivity index (χ0v) is 12.7. The molecule has 3 aromatic rings. The van der Waals surface area contributed by atoms with E-state index < -0.39 is 0 Å². The van der Waals surface area contributed by atoms with Crippen LogP contribution in [0.3, 0.4) is 0 Å². The van der Waals surface area contributed by atoms with Gasteiger partial charge in [0.15, 0.2) is 0 Å². The van der Waals surface area contributed by atoms with Gasteiger partial charge in [-0.2, -0.15) is 0 Å². The topological polar surface area (TPSA) is 47.8 Å². The van der Waals surface area contributed by atoms with Crippen LogP contribution in [0.25, 0.3) is 16.6 Å². The van der Waals surface area contributed by atoms with Crippen LogP contribution in [0.15, 0.2) is 41.5 Å². The lowest BCUT2D eigenvalue weighted by molar-refractivity contribution is 0.830. The van der Waals surface area contributed by atoms with Crippen molar-refractivity contribution in [1.82, 2.24) is 14.5 Å². The number of hydrogen-bond donors (Lipinski definition) is 0. The Balaban J connectivity index is 2.48. The molecule has 0 saturated heterocycles. The molecule has 0 bridgehead atoms. The molecule has 0 amide bonds. The molecule has 106 valence electrons. The van der Waals surface area contributed by atoms with E-state index in [0.717, 1.165) is 0 Å². The maximum Gasteiger partial charge on any atom is 0.267 e. The van der Waals surface area contributed by atoms with E-state index in [9.17, 15) is 4.79 Å². The molecule has 6 heteroatoms. The first-order valence-electron chi connectivity index (χ1n) is 6.43. The van der Waals surface area contributed by atoms with Crippen LogP contribution in [-0.2, 0) is 6.42 Å². The van der Waals surface area contributed by atoms with Crippen molar-refractivity contribution in [2.45, 2.75) is 13.3 Å². The van der Waals surface area contributed by atoms with E-state index in [1.54, 1.807) is 36.7 Å².